The SMILES string of the molecule is CCN1C(=O)c2ccc(C(=O)N(C)C3(C(=O)O)CCCCC3)cc2S1(=O)=O. The standard InChI is InChI=1S/C18H22N2O6S/c1-3-20-16(22)13-8-7-12(11-14(13)27(20,25)26)15(21)19(2)18(17(23)24)9-5-4-6-10-18/h7-8,11H,3-6,9-10H2,1-2H3,(H,23,24). The van der Waals surface area contributed by atoms with Crippen molar-refractivity contribution in [1.29, 1.82) is 0 Å². The third-order valence-corrected chi connectivity index (χ3v) is 7.46. The maximum atomic E-state index is 13.0. The number of hydrogen-bond donors (Lipinski definition) is 1. The molecule has 1 aliphatic heterocycles. The molecule has 8 nitrogen and oxygen atoms in total. The van der Waals surface area contributed by atoms with Crippen molar-refractivity contribution >= 4 is 27.8 Å². The number of carbonyl (C=O) groups is 3. The highest BCUT2D eigenvalue weighted by molar-refractivity contribution is 7.90. The van der Waals surface area contributed by atoms with Gasteiger partial charge in [-0.15, -0.1) is 0 Å². The Kier molecular flexibility index (Phi) is 4.75. The van der Waals surface area contributed by atoms with Crippen LogP contribution in [0.15, 0.2) is 23.1 Å². The molecule has 0 saturated heterocycles. The Morgan fingerprint density at radius 3 is 2.41 bits per heavy atom. The van der Waals surface area contributed by atoms with E-state index in [0.29, 0.717) is 25.7 Å². The van der Waals surface area contributed by atoms with Crippen molar-refractivity contribution < 1.29 is 27.9 Å². The summed E-state index contributed by atoms with van der Waals surface area (Å²) in [5.41, 5.74) is -1.21. The summed E-state index contributed by atoms with van der Waals surface area (Å²) in [5.74, 6) is -2.24. The molecule has 27 heavy (non-hydrogen) atoms. The number of fused-ring (bicyclic) bond motifs is 1. The number of aliphatic carboxylic acids is 1. The molecule has 1 aromatic carbocycles. The largest absolute Gasteiger partial charge is 0.479 e. The summed E-state index contributed by atoms with van der Waals surface area (Å²) in [7, 11) is -2.55. The van der Waals surface area contributed by atoms with Gasteiger partial charge in [-0.3, -0.25) is 9.59 Å². The van der Waals surface area contributed by atoms with Gasteiger partial charge in [0.2, 0.25) is 0 Å². The summed E-state index contributed by atoms with van der Waals surface area (Å²) in [6.07, 6.45) is 3.06. The maximum Gasteiger partial charge on any atom is 0.329 e. The number of amides is 2. The molecule has 146 valence electrons. The van der Waals surface area contributed by atoms with Gasteiger partial charge in [-0.05, 0) is 38.0 Å². The van der Waals surface area contributed by atoms with Crippen LogP contribution in [0.4, 0.5) is 0 Å². The van der Waals surface area contributed by atoms with E-state index in [1.807, 2.05) is 0 Å². The molecule has 2 amide bonds. The van der Waals surface area contributed by atoms with Crippen molar-refractivity contribution in [2.75, 3.05) is 13.6 Å². The number of likely N-dealkylation sites (N-methyl/N-ethyl adjacent to an activating group) is 1. The van der Waals surface area contributed by atoms with E-state index in [4.69, 9.17) is 0 Å². The molecule has 0 spiro atoms. The predicted molar refractivity (Wildman–Crippen MR) is 95.9 cm³/mol. The Balaban J connectivity index is 2.00. The third kappa shape index (κ3) is 2.80. The van der Waals surface area contributed by atoms with Crippen LogP contribution in [0.2, 0.25) is 0 Å². The number of hydrogen-bond acceptors (Lipinski definition) is 5. The van der Waals surface area contributed by atoms with E-state index in [0.717, 1.165) is 10.7 Å². The molecule has 1 N–H and O–H groups in total. The zero-order valence-corrected chi connectivity index (χ0v) is 16.1. The van der Waals surface area contributed by atoms with Crippen LogP contribution in [0.3, 0.4) is 0 Å². The van der Waals surface area contributed by atoms with Gasteiger partial charge in [0.15, 0.2) is 0 Å². The fourth-order valence-corrected chi connectivity index (χ4v) is 5.54. The molecule has 1 fully saturated rings. The summed E-state index contributed by atoms with van der Waals surface area (Å²) in [6.45, 7) is 1.56. The van der Waals surface area contributed by atoms with Crippen molar-refractivity contribution in [2.45, 2.75) is 49.5 Å². The molecule has 1 aliphatic carbocycles. The molecular weight excluding hydrogens is 372 g/mol. The summed E-state index contributed by atoms with van der Waals surface area (Å²) >= 11 is 0. The second-order valence-corrected chi connectivity index (χ2v) is 8.78. The summed E-state index contributed by atoms with van der Waals surface area (Å²) in [6, 6.07) is 3.87. The van der Waals surface area contributed by atoms with E-state index in [1.54, 1.807) is 6.92 Å². The first kappa shape index (κ1) is 19.3. The lowest BCUT2D eigenvalue weighted by molar-refractivity contribution is -0.151. The molecule has 1 heterocycles. The maximum absolute atomic E-state index is 13.0. The first-order valence-electron chi connectivity index (χ1n) is 8.89. The Morgan fingerprint density at radius 2 is 1.85 bits per heavy atom. The van der Waals surface area contributed by atoms with Crippen LogP contribution in [0.25, 0.3) is 0 Å². The molecular formula is C18H22N2O6S. The number of benzene rings is 1. The van der Waals surface area contributed by atoms with Gasteiger partial charge in [-0.1, -0.05) is 19.3 Å². The minimum atomic E-state index is -3.99. The molecule has 2 aliphatic rings. The van der Waals surface area contributed by atoms with Gasteiger partial charge in [-0.25, -0.2) is 17.5 Å². The van der Waals surface area contributed by atoms with Crippen LogP contribution >= 0.6 is 0 Å². The summed E-state index contributed by atoms with van der Waals surface area (Å²) in [5, 5.41) is 9.75. The lowest BCUT2D eigenvalue weighted by atomic mass is 9.80. The van der Waals surface area contributed by atoms with Gasteiger partial charge in [0.1, 0.15) is 10.4 Å². The molecule has 0 unspecified atom stereocenters. The molecule has 0 radical (unpaired) electrons. The Bertz CT molecular complexity index is 918. The Hall–Kier alpha value is -2.42. The average Bonchev–Trinajstić information content (AvgIpc) is 2.85. The lowest BCUT2D eigenvalue weighted by Crippen LogP contribution is -2.56. The fraction of sp³-hybridized carbons (Fsp3) is 0.500. The summed E-state index contributed by atoms with van der Waals surface area (Å²) in [4.78, 5) is 38.1. The zero-order chi connectivity index (χ0) is 20.0. The van der Waals surface area contributed by atoms with Gasteiger partial charge in [0.05, 0.1) is 5.56 Å². The number of nitrogens with zero attached hydrogens (tertiary/aromatic N) is 2. The molecule has 0 atom stereocenters. The third-order valence-electron chi connectivity index (χ3n) is 5.57. The second kappa shape index (κ2) is 6.63. The normalized spacial score (nSPS) is 20.2. The van der Waals surface area contributed by atoms with Crippen LogP contribution < -0.4 is 0 Å². The van der Waals surface area contributed by atoms with E-state index in [-0.39, 0.29) is 22.6 Å². The molecule has 1 saturated carbocycles. The molecule has 3 rings (SSSR count). The monoisotopic (exact) mass is 394 g/mol. The highest BCUT2D eigenvalue weighted by Crippen LogP contribution is 2.35. The molecule has 1 aromatic rings. The fourth-order valence-electron chi connectivity index (χ4n) is 3.94. The van der Waals surface area contributed by atoms with Crippen molar-refractivity contribution in [2.24, 2.45) is 0 Å². The summed E-state index contributed by atoms with van der Waals surface area (Å²) < 4.78 is 25.8. The number of carboxylic acids is 1. The number of sulfonamides is 1. The smallest absolute Gasteiger partial charge is 0.329 e. The Morgan fingerprint density at radius 1 is 1.22 bits per heavy atom. The first-order chi connectivity index (χ1) is 12.7. The van der Waals surface area contributed by atoms with Crippen molar-refractivity contribution in [1.82, 2.24) is 9.21 Å². The van der Waals surface area contributed by atoms with E-state index < -0.39 is 33.3 Å². The van der Waals surface area contributed by atoms with E-state index in [9.17, 15) is 27.9 Å². The minimum absolute atomic E-state index is 0.00115. The van der Waals surface area contributed by atoms with Crippen molar-refractivity contribution in [3.8, 4) is 0 Å². The van der Waals surface area contributed by atoms with Gasteiger partial charge in [-0.2, -0.15) is 0 Å². The zero-order valence-electron chi connectivity index (χ0n) is 15.3. The van der Waals surface area contributed by atoms with Crippen LogP contribution in [0.5, 0.6) is 0 Å². The minimum Gasteiger partial charge on any atom is -0.479 e. The highest BCUT2D eigenvalue weighted by Gasteiger charge is 2.46. The van der Waals surface area contributed by atoms with Crippen LogP contribution in [-0.4, -0.2) is 59.6 Å². The van der Waals surface area contributed by atoms with Crippen LogP contribution in [0.1, 0.15) is 59.7 Å². The highest BCUT2D eigenvalue weighted by atomic mass is 32.2. The second-order valence-electron chi connectivity index (χ2n) is 6.95. The quantitative estimate of drug-likeness (QED) is 0.832. The van der Waals surface area contributed by atoms with E-state index in [1.165, 1.54) is 30.1 Å². The van der Waals surface area contributed by atoms with Crippen LogP contribution in [-0.2, 0) is 14.8 Å². The van der Waals surface area contributed by atoms with E-state index >= 15 is 0 Å². The van der Waals surface area contributed by atoms with Gasteiger partial charge >= 0.3 is 5.97 Å². The number of rotatable bonds is 4. The van der Waals surface area contributed by atoms with Crippen molar-refractivity contribution in [3.63, 3.8) is 0 Å². The number of carboxylic acid groups (broad SMARTS) is 1. The number of carbonyl (C=O) groups excluding carboxylic acids is 2. The molecule has 0 aromatic heterocycles. The lowest BCUT2D eigenvalue weighted by Gasteiger charge is -2.41. The van der Waals surface area contributed by atoms with Gasteiger partial charge in [0, 0.05) is 19.2 Å². The average molecular weight is 394 g/mol. The first-order valence-corrected chi connectivity index (χ1v) is 10.3. The predicted octanol–water partition coefficient (Wildman–Crippen LogP) is 1.71. The Labute approximate surface area is 157 Å². The molecule has 9 heteroatoms. The van der Waals surface area contributed by atoms with E-state index in [2.05, 4.69) is 0 Å². The topological polar surface area (TPSA) is 112 Å². The van der Waals surface area contributed by atoms with Gasteiger partial charge < -0.3 is 10.0 Å². The van der Waals surface area contributed by atoms with Crippen molar-refractivity contribution in [3.05, 3.63) is 29.3 Å². The van der Waals surface area contributed by atoms with Gasteiger partial charge in [0.25, 0.3) is 21.8 Å². The molecule has 0 bridgehead atoms. The van der Waals surface area contributed by atoms with Crippen LogP contribution in [0, 0.1) is 0 Å².